The molecular weight excluding hydrogens is 257 g/mol. The molecule has 1 amide bonds. The van der Waals surface area contributed by atoms with E-state index >= 15 is 0 Å². The average molecular weight is 279 g/mol. The summed E-state index contributed by atoms with van der Waals surface area (Å²) >= 11 is 0. The highest BCUT2D eigenvalue weighted by atomic mass is 19.1. The van der Waals surface area contributed by atoms with Crippen LogP contribution in [0.4, 0.5) is 4.39 Å². The van der Waals surface area contributed by atoms with Gasteiger partial charge < -0.3 is 9.64 Å². The van der Waals surface area contributed by atoms with Crippen LogP contribution in [-0.4, -0.2) is 37.6 Å². The molecule has 110 valence electrons. The third-order valence-electron chi connectivity index (χ3n) is 4.05. The van der Waals surface area contributed by atoms with E-state index in [2.05, 4.69) is 0 Å². The van der Waals surface area contributed by atoms with E-state index < -0.39 is 0 Å². The molecule has 3 nitrogen and oxygen atoms in total. The van der Waals surface area contributed by atoms with Crippen LogP contribution in [0.3, 0.4) is 0 Å². The maximum absolute atomic E-state index is 13.5. The number of carbonyl (C=O) groups is 1. The molecule has 0 saturated carbocycles. The number of carbonyl (C=O) groups excluding carboxylic acids is 1. The second kappa shape index (κ2) is 6.84. The van der Waals surface area contributed by atoms with E-state index in [1.165, 1.54) is 6.07 Å². The van der Waals surface area contributed by atoms with Crippen LogP contribution in [0.25, 0.3) is 0 Å². The van der Waals surface area contributed by atoms with Crippen molar-refractivity contribution in [2.45, 2.75) is 26.2 Å². The van der Waals surface area contributed by atoms with E-state index in [-0.39, 0.29) is 11.7 Å². The van der Waals surface area contributed by atoms with Gasteiger partial charge in [0.1, 0.15) is 5.82 Å². The quantitative estimate of drug-likeness (QED) is 0.848. The van der Waals surface area contributed by atoms with Crippen molar-refractivity contribution in [3.63, 3.8) is 0 Å². The van der Waals surface area contributed by atoms with Gasteiger partial charge in [0.15, 0.2) is 0 Å². The molecule has 0 aliphatic carbocycles. The number of hydrogen-bond acceptors (Lipinski definition) is 2. The van der Waals surface area contributed by atoms with Crippen LogP contribution in [0.1, 0.15) is 35.2 Å². The van der Waals surface area contributed by atoms with Gasteiger partial charge in [0.05, 0.1) is 0 Å². The molecule has 1 aliphatic heterocycles. The van der Waals surface area contributed by atoms with Gasteiger partial charge in [0.25, 0.3) is 5.91 Å². The topological polar surface area (TPSA) is 29.5 Å². The largest absolute Gasteiger partial charge is 0.385 e. The van der Waals surface area contributed by atoms with Gasteiger partial charge in [-0.1, -0.05) is 6.07 Å². The highest BCUT2D eigenvalue weighted by Crippen LogP contribution is 2.22. The van der Waals surface area contributed by atoms with Crippen LogP contribution in [0.5, 0.6) is 0 Å². The molecule has 0 bridgehead atoms. The van der Waals surface area contributed by atoms with E-state index in [1.54, 1.807) is 26.2 Å². The Kier molecular flexibility index (Phi) is 5.12. The Hall–Kier alpha value is -1.42. The molecule has 0 aromatic heterocycles. The number of methoxy groups -OCH3 is 1. The number of rotatable bonds is 4. The van der Waals surface area contributed by atoms with E-state index in [1.807, 2.05) is 4.90 Å². The second-order valence-corrected chi connectivity index (χ2v) is 5.48. The monoisotopic (exact) mass is 279 g/mol. The minimum Gasteiger partial charge on any atom is -0.385 e. The summed E-state index contributed by atoms with van der Waals surface area (Å²) in [6.07, 6.45) is 3.06. The molecule has 2 rings (SSSR count). The molecule has 0 atom stereocenters. The standard InChI is InChI=1S/C16H22FNO2/c1-12-3-4-14(11-15(12)17)16(19)18-8-5-13(6-9-18)7-10-20-2/h3-4,11,13H,5-10H2,1-2H3. The number of amides is 1. The minimum atomic E-state index is -0.314. The Bertz CT molecular complexity index is 468. The summed E-state index contributed by atoms with van der Waals surface area (Å²) in [5.41, 5.74) is 1.02. The van der Waals surface area contributed by atoms with Crippen molar-refractivity contribution in [3.05, 3.63) is 35.1 Å². The first-order chi connectivity index (χ1) is 9.61. The number of hydrogen-bond donors (Lipinski definition) is 0. The first-order valence-electron chi connectivity index (χ1n) is 7.16. The van der Waals surface area contributed by atoms with Gasteiger partial charge in [-0.05, 0) is 49.8 Å². The number of likely N-dealkylation sites (tertiary alicyclic amines) is 1. The number of benzene rings is 1. The lowest BCUT2D eigenvalue weighted by molar-refractivity contribution is 0.0669. The maximum atomic E-state index is 13.5. The van der Waals surface area contributed by atoms with Gasteiger partial charge in [-0.2, -0.15) is 0 Å². The fourth-order valence-corrected chi connectivity index (χ4v) is 2.62. The molecule has 4 heteroatoms. The predicted octanol–water partition coefficient (Wildman–Crippen LogP) is 3.02. The summed E-state index contributed by atoms with van der Waals surface area (Å²) in [6.45, 7) is 3.98. The third kappa shape index (κ3) is 3.57. The molecule has 1 fully saturated rings. The van der Waals surface area contributed by atoms with Gasteiger partial charge in [-0.15, -0.1) is 0 Å². The van der Waals surface area contributed by atoms with Crippen molar-refractivity contribution in [1.82, 2.24) is 4.90 Å². The van der Waals surface area contributed by atoms with Crippen molar-refractivity contribution in [2.24, 2.45) is 5.92 Å². The van der Waals surface area contributed by atoms with Crippen molar-refractivity contribution in [3.8, 4) is 0 Å². The Morgan fingerprint density at radius 3 is 2.70 bits per heavy atom. The molecular formula is C16H22FNO2. The van der Waals surface area contributed by atoms with Crippen LogP contribution in [-0.2, 0) is 4.74 Å². The third-order valence-corrected chi connectivity index (χ3v) is 4.05. The SMILES string of the molecule is COCCC1CCN(C(=O)c2ccc(C)c(F)c2)CC1. The lowest BCUT2D eigenvalue weighted by Crippen LogP contribution is -2.38. The highest BCUT2D eigenvalue weighted by molar-refractivity contribution is 5.94. The van der Waals surface area contributed by atoms with Gasteiger partial charge in [-0.25, -0.2) is 4.39 Å². The molecule has 1 heterocycles. The summed E-state index contributed by atoms with van der Waals surface area (Å²) in [4.78, 5) is 14.1. The average Bonchev–Trinajstić information content (AvgIpc) is 2.48. The predicted molar refractivity (Wildman–Crippen MR) is 76.3 cm³/mol. The summed E-state index contributed by atoms with van der Waals surface area (Å²) in [6, 6.07) is 4.71. The summed E-state index contributed by atoms with van der Waals surface area (Å²) < 4.78 is 18.6. The van der Waals surface area contributed by atoms with Gasteiger partial charge in [-0.3, -0.25) is 4.79 Å². The smallest absolute Gasteiger partial charge is 0.253 e. The Labute approximate surface area is 119 Å². The van der Waals surface area contributed by atoms with E-state index in [0.717, 1.165) is 39.0 Å². The lowest BCUT2D eigenvalue weighted by Gasteiger charge is -2.32. The van der Waals surface area contributed by atoms with Crippen molar-refractivity contribution < 1.29 is 13.9 Å². The highest BCUT2D eigenvalue weighted by Gasteiger charge is 2.23. The number of halogens is 1. The molecule has 0 radical (unpaired) electrons. The normalized spacial score (nSPS) is 16.4. The number of ether oxygens (including phenoxy) is 1. The molecule has 0 spiro atoms. The molecule has 1 saturated heterocycles. The fourth-order valence-electron chi connectivity index (χ4n) is 2.62. The fraction of sp³-hybridized carbons (Fsp3) is 0.562. The number of nitrogens with zero attached hydrogens (tertiary/aromatic N) is 1. The zero-order valence-electron chi connectivity index (χ0n) is 12.2. The Morgan fingerprint density at radius 1 is 1.40 bits per heavy atom. The summed E-state index contributed by atoms with van der Waals surface area (Å²) in [5, 5.41) is 0. The van der Waals surface area contributed by atoms with Crippen LogP contribution < -0.4 is 0 Å². The molecule has 0 N–H and O–H groups in total. The van der Waals surface area contributed by atoms with E-state index in [0.29, 0.717) is 17.0 Å². The van der Waals surface area contributed by atoms with Crippen LogP contribution in [0.15, 0.2) is 18.2 Å². The molecule has 1 aromatic carbocycles. The number of piperidine rings is 1. The maximum Gasteiger partial charge on any atom is 0.253 e. The van der Waals surface area contributed by atoms with Crippen LogP contribution >= 0.6 is 0 Å². The first kappa shape index (κ1) is 15.0. The molecule has 1 aromatic rings. The minimum absolute atomic E-state index is 0.0610. The van der Waals surface area contributed by atoms with Crippen molar-refractivity contribution >= 4 is 5.91 Å². The van der Waals surface area contributed by atoms with Crippen molar-refractivity contribution in [2.75, 3.05) is 26.8 Å². The lowest BCUT2D eigenvalue weighted by atomic mass is 9.93. The van der Waals surface area contributed by atoms with E-state index in [4.69, 9.17) is 4.74 Å². The molecule has 20 heavy (non-hydrogen) atoms. The van der Waals surface area contributed by atoms with Gasteiger partial charge in [0.2, 0.25) is 0 Å². The molecule has 1 aliphatic rings. The summed E-state index contributed by atoms with van der Waals surface area (Å²) in [7, 11) is 1.71. The second-order valence-electron chi connectivity index (χ2n) is 5.48. The zero-order chi connectivity index (χ0) is 14.5. The molecule has 0 unspecified atom stereocenters. The first-order valence-corrected chi connectivity index (χ1v) is 7.16. The van der Waals surface area contributed by atoms with Gasteiger partial charge >= 0.3 is 0 Å². The van der Waals surface area contributed by atoms with Crippen molar-refractivity contribution in [1.29, 1.82) is 0 Å². The van der Waals surface area contributed by atoms with Crippen LogP contribution in [0, 0.1) is 18.7 Å². The zero-order valence-corrected chi connectivity index (χ0v) is 12.2. The summed E-state index contributed by atoms with van der Waals surface area (Å²) in [5.74, 6) is 0.258. The number of aryl methyl sites for hydroxylation is 1. The Balaban J connectivity index is 1.92. The van der Waals surface area contributed by atoms with Crippen LogP contribution in [0.2, 0.25) is 0 Å². The van der Waals surface area contributed by atoms with Gasteiger partial charge in [0, 0.05) is 32.4 Å². The Morgan fingerprint density at radius 2 is 2.10 bits per heavy atom. The van der Waals surface area contributed by atoms with E-state index in [9.17, 15) is 9.18 Å².